The van der Waals surface area contributed by atoms with E-state index < -0.39 is 0 Å². The van der Waals surface area contributed by atoms with E-state index in [1.165, 1.54) is 24.1 Å². The molecule has 4 heteroatoms. The number of carbonyl (C=O) groups excluding carboxylic acids is 1. The molecule has 0 saturated heterocycles. The fourth-order valence-corrected chi connectivity index (χ4v) is 4.11. The Morgan fingerprint density at radius 1 is 1.50 bits per heavy atom. The lowest BCUT2D eigenvalue weighted by atomic mass is 10.1. The van der Waals surface area contributed by atoms with Crippen molar-refractivity contribution in [1.29, 1.82) is 0 Å². The maximum atomic E-state index is 12.3. The first-order valence-electron chi connectivity index (χ1n) is 6.83. The normalized spacial score (nSPS) is 29.1. The van der Waals surface area contributed by atoms with Crippen LogP contribution in [0.1, 0.15) is 29.1 Å². The molecule has 1 amide bonds. The minimum Gasteiger partial charge on any atom is -0.345 e. The summed E-state index contributed by atoms with van der Waals surface area (Å²) in [4.78, 5) is 19.8. The Bertz CT molecular complexity index is 446. The predicted octanol–water partition coefficient (Wildman–Crippen LogP) is 2.50. The third-order valence-electron chi connectivity index (χ3n) is 4.40. The SMILES string of the molecule is Cc1cnc(CCN(C)C(=O)C2[C@H]3CCC[C@H]23)s1. The predicted molar refractivity (Wildman–Crippen MR) is 72.5 cm³/mol. The van der Waals surface area contributed by atoms with Crippen LogP contribution >= 0.6 is 11.3 Å². The largest absolute Gasteiger partial charge is 0.345 e. The molecule has 3 rings (SSSR count). The van der Waals surface area contributed by atoms with Gasteiger partial charge in [0.1, 0.15) is 0 Å². The molecule has 2 saturated carbocycles. The van der Waals surface area contributed by atoms with Gasteiger partial charge in [0, 0.05) is 37.0 Å². The average Bonchev–Trinajstić information content (AvgIpc) is 2.73. The van der Waals surface area contributed by atoms with Gasteiger partial charge in [0.05, 0.1) is 5.01 Å². The van der Waals surface area contributed by atoms with Gasteiger partial charge in [-0.15, -0.1) is 11.3 Å². The number of aryl methyl sites for hydroxylation is 1. The van der Waals surface area contributed by atoms with Crippen molar-refractivity contribution >= 4 is 17.2 Å². The van der Waals surface area contributed by atoms with E-state index in [0.717, 1.165) is 29.8 Å². The average molecular weight is 264 g/mol. The number of likely N-dealkylation sites (N-methyl/N-ethyl adjacent to an activating group) is 1. The fraction of sp³-hybridized carbons (Fsp3) is 0.714. The zero-order chi connectivity index (χ0) is 12.7. The molecule has 0 radical (unpaired) electrons. The van der Waals surface area contributed by atoms with Crippen molar-refractivity contribution in [2.75, 3.05) is 13.6 Å². The smallest absolute Gasteiger partial charge is 0.226 e. The topological polar surface area (TPSA) is 33.2 Å². The van der Waals surface area contributed by atoms with Crippen molar-refractivity contribution in [2.24, 2.45) is 17.8 Å². The summed E-state index contributed by atoms with van der Waals surface area (Å²) in [6.45, 7) is 2.88. The summed E-state index contributed by atoms with van der Waals surface area (Å²) in [5.41, 5.74) is 0. The summed E-state index contributed by atoms with van der Waals surface area (Å²) < 4.78 is 0. The zero-order valence-electron chi connectivity index (χ0n) is 11.1. The Balaban J connectivity index is 1.49. The van der Waals surface area contributed by atoms with E-state index in [9.17, 15) is 4.79 Å². The molecule has 18 heavy (non-hydrogen) atoms. The second-order valence-electron chi connectivity index (χ2n) is 5.66. The first kappa shape index (κ1) is 12.2. The van der Waals surface area contributed by atoms with E-state index in [1.54, 1.807) is 11.3 Å². The summed E-state index contributed by atoms with van der Waals surface area (Å²) in [5.74, 6) is 2.18. The molecule has 98 valence electrons. The lowest BCUT2D eigenvalue weighted by Gasteiger charge is -2.17. The van der Waals surface area contributed by atoms with Gasteiger partial charge in [0.15, 0.2) is 0 Å². The molecular weight excluding hydrogens is 244 g/mol. The van der Waals surface area contributed by atoms with Gasteiger partial charge in [0.2, 0.25) is 5.91 Å². The number of hydrogen-bond donors (Lipinski definition) is 0. The van der Waals surface area contributed by atoms with Crippen molar-refractivity contribution in [3.8, 4) is 0 Å². The lowest BCUT2D eigenvalue weighted by Crippen LogP contribution is -2.31. The minimum atomic E-state index is 0.363. The molecule has 2 aliphatic carbocycles. The van der Waals surface area contributed by atoms with Crippen LogP contribution in [-0.4, -0.2) is 29.4 Å². The van der Waals surface area contributed by atoms with Crippen LogP contribution in [0.15, 0.2) is 6.20 Å². The van der Waals surface area contributed by atoms with E-state index in [-0.39, 0.29) is 0 Å². The Hall–Kier alpha value is -0.900. The van der Waals surface area contributed by atoms with Gasteiger partial charge in [0.25, 0.3) is 0 Å². The van der Waals surface area contributed by atoms with Crippen molar-refractivity contribution in [3.63, 3.8) is 0 Å². The van der Waals surface area contributed by atoms with Crippen molar-refractivity contribution in [2.45, 2.75) is 32.6 Å². The highest BCUT2D eigenvalue weighted by atomic mass is 32.1. The molecule has 3 nitrogen and oxygen atoms in total. The number of carbonyl (C=O) groups is 1. The van der Waals surface area contributed by atoms with Crippen LogP contribution in [0, 0.1) is 24.7 Å². The summed E-state index contributed by atoms with van der Waals surface area (Å²) in [7, 11) is 1.94. The van der Waals surface area contributed by atoms with E-state index in [2.05, 4.69) is 11.9 Å². The highest BCUT2D eigenvalue weighted by Gasteiger charge is 2.57. The highest BCUT2D eigenvalue weighted by Crippen LogP contribution is 2.57. The second kappa shape index (κ2) is 4.65. The van der Waals surface area contributed by atoms with Crippen LogP contribution in [-0.2, 0) is 11.2 Å². The molecule has 0 bridgehead atoms. The molecule has 0 N–H and O–H groups in total. The number of nitrogens with zero attached hydrogens (tertiary/aromatic N) is 2. The van der Waals surface area contributed by atoms with Gasteiger partial charge in [-0.05, 0) is 31.6 Å². The maximum Gasteiger partial charge on any atom is 0.226 e. The maximum absolute atomic E-state index is 12.3. The molecule has 2 fully saturated rings. The summed E-state index contributed by atoms with van der Waals surface area (Å²) >= 11 is 1.73. The summed E-state index contributed by atoms with van der Waals surface area (Å²) in [5, 5.41) is 1.14. The molecular formula is C14H20N2OS. The van der Waals surface area contributed by atoms with Crippen LogP contribution < -0.4 is 0 Å². The van der Waals surface area contributed by atoms with Crippen LogP contribution in [0.3, 0.4) is 0 Å². The standard InChI is InChI=1S/C14H20N2OS/c1-9-8-15-12(18-9)6-7-16(2)14(17)13-10-4-3-5-11(10)13/h8,10-11,13H,3-7H2,1-2H3/t10-,11-/m0/s1. The number of rotatable bonds is 4. The Morgan fingerprint density at radius 3 is 2.83 bits per heavy atom. The van der Waals surface area contributed by atoms with Crippen molar-refractivity contribution in [3.05, 3.63) is 16.1 Å². The first-order chi connectivity index (χ1) is 8.66. The Morgan fingerprint density at radius 2 is 2.22 bits per heavy atom. The summed E-state index contributed by atoms with van der Waals surface area (Å²) in [6.07, 6.45) is 6.69. The molecule has 1 aromatic heterocycles. The van der Waals surface area contributed by atoms with E-state index in [4.69, 9.17) is 0 Å². The number of hydrogen-bond acceptors (Lipinski definition) is 3. The van der Waals surface area contributed by atoms with Crippen molar-refractivity contribution < 1.29 is 4.79 Å². The fourth-order valence-electron chi connectivity index (χ4n) is 3.33. The monoisotopic (exact) mass is 264 g/mol. The molecule has 1 heterocycles. The van der Waals surface area contributed by atoms with Crippen LogP contribution in [0.5, 0.6) is 0 Å². The molecule has 1 aromatic rings. The van der Waals surface area contributed by atoms with Gasteiger partial charge in [-0.2, -0.15) is 0 Å². The van der Waals surface area contributed by atoms with Crippen molar-refractivity contribution in [1.82, 2.24) is 9.88 Å². The molecule has 0 unspecified atom stereocenters. The molecule has 0 aliphatic heterocycles. The molecule has 2 atom stereocenters. The quantitative estimate of drug-likeness (QED) is 0.837. The minimum absolute atomic E-state index is 0.363. The van der Waals surface area contributed by atoms with Crippen LogP contribution in [0.4, 0.5) is 0 Å². The van der Waals surface area contributed by atoms with Gasteiger partial charge in [-0.1, -0.05) is 6.42 Å². The molecule has 0 spiro atoms. The Kier molecular flexibility index (Phi) is 3.14. The summed E-state index contributed by atoms with van der Waals surface area (Å²) in [6, 6.07) is 0. The van der Waals surface area contributed by atoms with Gasteiger partial charge in [-0.25, -0.2) is 4.98 Å². The number of fused-ring (bicyclic) bond motifs is 1. The zero-order valence-corrected chi connectivity index (χ0v) is 11.9. The van der Waals surface area contributed by atoms with Gasteiger partial charge >= 0.3 is 0 Å². The number of thiazole rings is 1. The highest BCUT2D eigenvalue weighted by molar-refractivity contribution is 7.11. The van der Waals surface area contributed by atoms with Crippen LogP contribution in [0.25, 0.3) is 0 Å². The first-order valence-corrected chi connectivity index (χ1v) is 7.65. The van der Waals surface area contributed by atoms with E-state index in [0.29, 0.717) is 11.8 Å². The second-order valence-corrected chi connectivity index (χ2v) is 6.98. The number of amides is 1. The van der Waals surface area contributed by atoms with Gasteiger partial charge in [-0.3, -0.25) is 4.79 Å². The third kappa shape index (κ3) is 2.18. The van der Waals surface area contributed by atoms with E-state index >= 15 is 0 Å². The van der Waals surface area contributed by atoms with Gasteiger partial charge < -0.3 is 4.90 Å². The molecule has 0 aromatic carbocycles. The lowest BCUT2D eigenvalue weighted by molar-refractivity contribution is -0.132. The number of aromatic nitrogens is 1. The van der Waals surface area contributed by atoms with Crippen LogP contribution in [0.2, 0.25) is 0 Å². The Labute approximate surface area is 112 Å². The third-order valence-corrected chi connectivity index (χ3v) is 5.37. The van der Waals surface area contributed by atoms with E-state index in [1.807, 2.05) is 18.1 Å². The molecule has 2 aliphatic rings.